The predicted molar refractivity (Wildman–Crippen MR) is 59.0 cm³/mol. The van der Waals surface area contributed by atoms with Gasteiger partial charge < -0.3 is 0 Å². The molecule has 0 N–H and O–H groups in total. The molecule has 0 atom stereocenters. The maximum absolute atomic E-state index is 3.79. The average Bonchev–Trinajstić information content (AvgIpc) is 2.05. The summed E-state index contributed by atoms with van der Waals surface area (Å²) in [6.07, 6.45) is 3.01. The molecular formula is C13H18. The second kappa shape index (κ2) is 3.78. The molecule has 0 nitrogen and oxygen atoms in total. The van der Waals surface area contributed by atoms with Gasteiger partial charge in [-0.25, -0.2) is 0 Å². The molecule has 0 saturated heterocycles. The minimum Gasteiger partial charge on any atom is -0.103 e. The van der Waals surface area contributed by atoms with Crippen molar-refractivity contribution in [1.29, 1.82) is 0 Å². The third kappa shape index (κ3) is 2.45. The molecule has 0 aliphatic heterocycles. The largest absolute Gasteiger partial charge is 0.103 e. The van der Waals surface area contributed by atoms with E-state index in [1.165, 1.54) is 11.1 Å². The van der Waals surface area contributed by atoms with Crippen molar-refractivity contribution < 1.29 is 0 Å². The topological polar surface area (TPSA) is 0 Å². The molecule has 0 fully saturated rings. The molecule has 1 aromatic rings. The zero-order valence-corrected chi connectivity index (χ0v) is 8.80. The van der Waals surface area contributed by atoms with Crippen molar-refractivity contribution in [2.24, 2.45) is 0 Å². The van der Waals surface area contributed by atoms with E-state index in [9.17, 15) is 0 Å². The van der Waals surface area contributed by atoms with Gasteiger partial charge in [0.15, 0.2) is 0 Å². The summed E-state index contributed by atoms with van der Waals surface area (Å²) in [5.74, 6) is 0. The Labute approximate surface area is 81.3 Å². The van der Waals surface area contributed by atoms with Gasteiger partial charge in [-0.2, -0.15) is 0 Å². The van der Waals surface area contributed by atoms with Crippen molar-refractivity contribution in [3.63, 3.8) is 0 Å². The van der Waals surface area contributed by atoms with E-state index in [4.69, 9.17) is 0 Å². The molecule has 0 saturated carbocycles. The lowest BCUT2D eigenvalue weighted by molar-refractivity contribution is 0.534. The van der Waals surface area contributed by atoms with E-state index in [0.717, 1.165) is 6.42 Å². The van der Waals surface area contributed by atoms with E-state index < -0.39 is 0 Å². The second-order valence-corrected chi connectivity index (χ2v) is 4.24. The molecule has 1 rings (SSSR count). The van der Waals surface area contributed by atoms with Crippen molar-refractivity contribution in [3.8, 4) is 0 Å². The average molecular weight is 174 g/mol. The van der Waals surface area contributed by atoms with Crippen LogP contribution in [-0.4, -0.2) is 0 Å². The lowest BCUT2D eigenvalue weighted by Gasteiger charge is -2.23. The fraction of sp³-hybridized carbons (Fsp3) is 0.385. The van der Waals surface area contributed by atoms with Gasteiger partial charge in [0.1, 0.15) is 0 Å². The van der Waals surface area contributed by atoms with Gasteiger partial charge in [0.05, 0.1) is 0 Å². The highest BCUT2D eigenvalue weighted by Gasteiger charge is 2.17. The summed E-state index contributed by atoms with van der Waals surface area (Å²) in [7, 11) is 0. The number of hydrogen-bond acceptors (Lipinski definition) is 0. The first-order valence-electron chi connectivity index (χ1n) is 4.74. The summed E-state index contributed by atoms with van der Waals surface area (Å²) in [6, 6.07) is 8.75. The number of rotatable bonds is 3. The van der Waals surface area contributed by atoms with E-state index in [1.54, 1.807) is 0 Å². The highest BCUT2D eigenvalue weighted by molar-refractivity contribution is 5.27. The van der Waals surface area contributed by atoms with Crippen LogP contribution >= 0.6 is 0 Å². The van der Waals surface area contributed by atoms with Gasteiger partial charge >= 0.3 is 0 Å². The van der Waals surface area contributed by atoms with Crippen LogP contribution in [0.1, 0.15) is 31.4 Å². The number of allylic oxidation sites excluding steroid dienone is 1. The fourth-order valence-electron chi connectivity index (χ4n) is 1.48. The van der Waals surface area contributed by atoms with Gasteiger partial charge in [-0.3, -0.25) is 0 Å². The lowest BCUT2D eigenvalue weighted by Crippen LogP contribution is -2.15. The Morgan fingerprint density at radius 1 is 1.23 bits per heavy atom. The molecule has 0 heterocycles. The third-order valence-electron chi connectivity index (χ3n) is 2.49. The van der Waals surface area contributed by atoms with Gasteiger partial charge in [-0.15, -0.1) is 6.58 Å². The standard InChI is InChI=1S/C13H18/c1-5-10-13(3,4)12-8-6-11(2)7-9-12/h5-9H,1,10H2,2-4H3. The molecule has 70 valence electrons. The number of benzene rings is 1. The minimum atomic E-state index is 0.218. The van der Waals surface area contributed by atoms with Crippen LogP contribution in [0.4, 0.5) is 0 Å². The highest BCUT2D eigenvalue weighted by atomic mass is 14.2. The van der Waals surface area contributed by atoms with Gasteiger partial charge in [0, 0.05) is 0 Å². The van der Waals surface area contributed by atoms with E-state index >= 15 is 0 Å². The zero-order valence-electron chi connectivity index (χ0n) is 8.80. The van der Waals surface area contributed by atoms with Crippen LogP contribution in [0.3, 0.4) is 0 Å². The maximum Gasteiger partial charge on any atom is -0.00692 e. The zero-order chi connectivity index (χ0) is 9.90. The van der Waals surface area contributed by atoms with Crippen LogP contribution in [-0.2, 0) is 5.41 Å². The first-order chi connectivity index (χ1) is 6.06. The minimum absolute atomic E-state index is 0.218. The normalized spacial score (nSPS) is 11.3. The first kappa shape index (κ1) is 10.0. The molecule has 0 aliphatic carbocycles. The Bertz CT molecular complexity index is 277. The van der Waals surface area contributed by atoms with Crippen LogP contribution in [0, 0.1) is 6.92 Å². The maximum atomic E-state index is 3.79. The summed E-state index contributed by atoms with van der Waals surface area (Å²) in [5.41, 5.74) is 2.92. The fourth-order valence-corrected chi connectivity index (χ4v) is 1.48. The monoisotopic (exact) mass is 174 g/mol. The predicted octanol–water partition coefficient (Wildman–Crippen LogP) is 3.85. The molecule has 1 aromatic carbocycles. The Kier molecular flexibility index (Phi) is 2.92. The molecule has 0 heteroatoms. The highest BCUT2D eigenvalue weighted by Crippen LogP contribution is 2.27. The molecule has 0 spiro atoms. The molecular weight excluding hydrogens is 156 g/mol. The molecule has 0 aliphatic rings. The number of hydrogen-bond donors (Lipinski definition) is 0. The smallest absolute Gasteiger partial charge is 0.00692 e. The Balaban J connectivity index is 2.93. The summed E-state index contributed by atoms with van der Waals surface area (Å²) < 4.78 is 0. The second-order valence-electron chi connectivity index (χ2n) is 4.24. The van der Waals surface area contributed by atoms with E-state index in [-0.39, 0.29) is 5.41 Å². The molecule has 13 heavy (non-hydrogen) atoms. The van der Waals surface area contributed by atoms with Crippen molar-refractivity contribution in [2.75, 3.05) is 0 Å². The Hall–Kier alpha value is -1.04. The Morgan fingerprint density at radius 2 is 1.77 bits per heavy atom. The van der Waals surface area contributed by atoms with Crippen LogP contribution < -0.4 is 0 Å². The van der Waals surface area contributed by atoms with Gasteiger partial charge in [0.2, 0.25) is 0 Å². The van der Waals surface area contributed by atoms with Crippen LogP contribution in [0.25, 0.3) is 0 Å². The van der Waals surface area contributed by atoms with Crippen molar-refractivity contribution >= 4 is 0 Å². The summed E-state index contributed by atoms with van der Waals surface area (Å²) in [4.78, 5) is 0. The molecule has 0 aromatic heterocycles. The summed E-state index contributed by atoms with van der Waals surface area (Å²) >= 11 is 0. The van der Waals surface area contributed by atoms with E-state index in [1.807, 2.05) is 6.08 Å². The first-order valence-corrected chi connectivity index (χ1v) is 4.74. The molecule has 0 amide bonds. The SMILES string of the molecule is C=CCC(C)(C)c1ccc(C)cc1. The van der Waals surface area contributed by atoms with Crippen molar-refractivity contribution in [1.82, 2.24) is 0 Å². The molecule has 0 radical (unpaired) electrons. The molecule has 0 unspecified atom stereocenters. The number of aryl methyl sites for hydroxylation is 1. The van der Waals surface area contributed by atoms with Gasteiger partial charge in [-0.1, -0.05) is 49.8 Å². The van der Waals surface area contributed by atoms with Crippen molar-refractivity contribution in [3.05, 3.63) is 48.0 Å². The Morgan fingerprint density at radius 3 is 2.23 bits per heavy atom. The summed E-state index contributed by atoms with van der Waals surface area (Å²) in [6.45, 7) is 10.4. The van der Waals surface area contributed by atoms with Crippen molar-refractivity contribution in [2.45, 2.75) is 32.6 Å². The summed E-state index contributed by atoms with van der Waals surface area (Å²) in [5, 5.41) is 0. The van der Waals surface area contributed by atoms with Crippen LogP contribution in [0.15, 0.2) is 36.9 Å². The van der Waals surface area contributed by atoms with Crippen LogP contribution in [0.5, 0.6) is 0 Å². The quantitative estimate of drug-likeness (QED) is 0.611. The van der Waals surface area contributed by atoms with E-state index in [0.29, 0.717) is 0 Å². The molecule has 0 bridgehead atoms. The van der Waals surface area contributed by atoms with Gasteiger partial charge in [-0.05, 0) is 24.3 Å². The van der Waals surface area contributed by atoms with E-state index in [2.05, 4.69) is 51.6 Å². The van der Waals surface area contributed by atoms with Crippen LogP contribution in [0.2, 0.25) is 0 Å². The third-order valence-corrected chi connectivity index (χ3v) is 2.49. The lowest BCUT2D eigenvalue weighted by atomic mass is 9.81. The van der Waals surface area contributed by atoms with Gasteiger partial charge in [0.25, 0.3) is 0 Å².